The van der Waals surface area contributed by atoms with Crippen LogP contribution in [-0.4, -0.2) is 55.5 Å². The highest BCUT2D eigenvalue weighted by molar-refractivity contribution is 5.80. The Morgan fingerprint density at radius 2 is 2.09 bits per heavy atom. The minimum atomic E-state index is -0.491. The fourth-order valence-electron chi connectivity index (χ4n) is 5.21. The standard InChI is InChI=1S/C27H34FN3O3/c1-34-24-17-20(7-8-23(24)28)18-27(13-10-26(33)30-27)12-9-25(32)29-14-16-31-15-11-22(19-31)21-5-3-2-4-6-21/h2-8,17,22H,9-16,18-19H2,1H3,(H,29,32)(H,30,33)/t22-,27+/m0/s1. The molecule has 0 aromatic heterocycles. The van der Waals surface area contributed by atoms with E-state index in [1.165, 1.54) is 18.7 Å². The third-order valence-electron chi connectivity index (χ3n) is 7.12. The summed E-state index contributed by atoms with van der Waals surface area (Å²) in [6.45, 7) is 3.53. The lowest BCUT2D eigenvalue weighted by Crippen LogP contribution is -2.44. The van der Waals surface area contributed by atoms with Crippen LogP contribution >= 0.6 is 0 Å². The van der Waals surface area contributed by atoms with Gasteiger partial charge >= 0.3 is 0 Å². The van der Waals surface area contributed by atoms with Crippen LogP contribution in [0.25, 0.3) is 0 Å². The van der Waals surface area contributed by atoms with Crippen LogP contribution in [0.3, 0.4) is 0 Å². The van der Waals surface area contributed by atoms with Crippen molar-refractivity contribution >= 4 is 11.8 Å². The van der Waals surface area contributed by atoms with Crippen LogP contribution in [0.15, 0.2) is 48.5 Å². The maximum absolute atomic E-state index is 13.8. The van der Waals surface area contributed by atoms with Gasteiger partial charge in [-0.3, -0.25) is 9.59 Å². The van der Waals surface area contributed by atoms with Crippen molar-refractivity contribution in [3.05, 3.63) is 65.5 Å². The minimum Gasteiger partial charge on any atom is -0.494 e. The van der Waals surface area contributed by atoms with Gasteiger partial charge in [0.2, 0.25) is 11.8 Å². The smallest absolute Gasteiger partial charge is 0.220 e. The van der Waals surface area contributed by atoms with Crippen LogP contribution in [0.4, 0.5) is 4.39 Å². The summed E-state index contributed by atoms with van der Waals surface area (Å²) < 4.78 is 18.9. The summed E-state index contributed by atoms with van der Waals surface area (Å²) in [7, 11) is 1.43. The van der Waals surface area contributed by atoms with Crippen LogP contribution in [0, 0.1) is 5.82 Å². The monoisotopic (exact) mass is 467 g/mol. The summed E-state index contributed by atoms with van der Waals surface area (Å²) >= 11 is 0. The van der Waals surface area contributed by atoms with Crippen LogP contribution in [-0.2, 0) is 16.0 Å². The van der Waals surface area contributed by atoms with Gasteiger partial charge in [-0.2, -0.15) is 0 Å². The molecule has 4 rings (SSSR count). The van der Waals surface area contributed by atoms with Crippen LogP contribution in [0.1, 0.15) is 49.1 Å². The summed E-state index contributed by atoms with van der Waals surface area (Å²) in [5.41, 5.74) is 1.77. The number of nitrogens with one attached hydrogen (secondary N) is 2. The summed E-state index contributed by atoms with van der Waals surface area (Å²) in [5.74, 6) is 0.328. The predicted molar refractivity (Wildman–Crippen MR) is 129 cm³/mol. The topological polar surface area (TPSA) is 70.7 Å². The van der Waals surface area contributed by atoms with E-state index in [2.05, 4.69) is 39.8 Å². The Hall–Kier alpha value is -2.93. The lowest BCUT2D eigenvalue weighted by molar-refractivity contribution is -0.122. The minimum absolute atomic E-state index is 0.00325. The molecule has 2 aromatic carbocycles. The predicted octanol–water partition coefficient (Wildman–Crippen LogP) is 3.41. The maximum Gasteiger partial charge on any atom is 0.220 e. The molecule has 2 aliphatic heterocycles. The lowest BCUT2D eigenvalue weighted by Gasteiger charge is -2.29. The Bertz CT molecular complexity index is 1000. The van der Waals surface area contributed by atoms with Crippen molar-refractivity contribution in [1.82, 2.24) is 15.5 Å². The number of hydrogen-bond donors (Lipinski definition) is 2. The molecular formula is C27H34FN3O3. The van der Waals surface area contributed by atoms with E-state index in [1.807, 2.05) is 6.07 Å². The van der Waals surface area contributed by atoms with E-state index in [4.69, 9.17) is 4.74 Å². The first-order chi connectivity index (χ1) is 16.5. The number of nitrogens with zero attached hydrogens (tertiary/aromatic N) is 1. The zero-order chi connectivity index (χ0) is 24.0. The zero-order valence-electron chi connectivity index (χ0n) is 19.8. The van der Waals surface area contributed by atoms with E-state index in [9.17, 15) is 14.0 Å². The molecule has 2 amide bonds. The van der Waals surface area contributed by atoms with E-state index >= 15 is 0 Å². The molecule has 2 aromatic rings. The second-order valence-electron chi connectivity index (χ2n) is 9.52. The third-order valence-corrected chi connectivity index (χ3v) is 7.12. The number of carbonyl (C=O) groups excluding carboxylic acids is 2. The molecule has 0 saturated carbocycles. The highest BCUT2D eigenvalue weighted by atomic mass is 19.1. The molecule has 0 unspecified atom stereocenters. The lowest BCUT2D eigenvalue weighted by atomic mass is 9.85. The van der Waals surface area contributed by atoms with Gasteiger partial charge < -0.3 is 20.3 Å². The van der Waals surface area contributed by atoms with Gasteiger partial charge in [-0.1, -0.05) is 36.4 Å². The number of methoxy groups -OCH3 is 1. The van der Waals surface area contributed by atoms with Crippen molar-refractivity contribution in [2.45, 2.75) is 50.0 Å². The molecule has 2 atom stereocenters. The summed E-state index contributed by atoms with van der Waals surface area (Å²) in [6.07, 6.45) is 3.67. The van der Waals surface area contributed by atoms with Crippen molar-refractivity contribution in [2.75, 3.05) is 33.3 Å². The highest BCUT2D eigenvalue weighted by Crippen LogP contribution is 2.31. The number of amides is 2. The molecule has 0 spiro atoms. The summed E-state index contributed by atoms with van der Waals surface area (Å²) in [5, 5.41) is 6.13. The molecule has 182 valence electrons. The van der Waals surface area contributed by atoms with Crippen molar-refractivity contribution < 1.29 is 18.7 Å². The van der Waals surface area contributed by atoms with Crippen LogP contribution in [0.2, 0.25) is 0 Å². The van der Waals surface area contributed by atoms with Crippen LogP contribution in [0.5, 0.6) is 5.75 Å². The van der Waals surface area contributed by atoms with Gasteiger partial charge in [0.05, 0.1) is 7.11 Å². The number of hydrogen-bond acceptors (Lipinski definition) is 4. The molecule has 2 aliphatic rings. The highest BCUT2D eigenvalue weighted by Gasteiger charge is 2.38. The molecule has 0 aliphatic carbocycles. The fourth-order valence-corrected chi connectivity index (χ4v) is 5.21. The van der Waals surface area contributed by atoms with Gasteiger partial charge in [0.25, 0.3) is 0 Å². The summed E-state index contributed by atoms with van der Waals surface area (Å²) in [6, 6.07) is 15.4. The van der Waals surface area contributed by atoms with Gasteiger partial charge in [-0.05, 0) is 61.4 Å². The van der Waals surface area contributed by atoms with Crippen molar-refractivity contribution in [1.29, 1.82) is 0 Å². The van der Waals surface area contributed by atoms with E-state index in [0.717, 1.165) is 31.6 Å². The van der Waals surface area contributed by atoms with E-state index in [1.54, 1.807) is 12.1 Å². The molecule has 2 heterocycles. The fraction of sp³-hybridized carbons (Fsp3) is 0.481. The Labute approximate surface area is 200 Å². The molecule has 34 heavy (non-hydrogen) atoms. The van der Waals surface area contributed by atoms with Crippen LogP contribution < -0.4 is 15.4 Å². The number of halogens is 1. The van der Waals surface area contributed by atoms with Gasteiger partial charge in [-0.25, -0.2) is 4.39 Å². The maximum atomic E-state index is 13.8. The SMILES string of the molecule is COc1cc(C[C@@]2(CCC(=O)NCCN3CC[C@H](c4ccccc4)C3)CCC(=O)N2)ccc1F. The van der Waals surface area contributed by atoms with Gasteiger partial charge in [-0.15, -0.1) is 0 Å². The molecule has 2 fully saturated rings. The molecule has 2 N–H and O–H groups in total. The Balaban J connectivity index is 1.24. The van der Waals surface area contributed by atoms with Gasteiger partial charge in [0.1, 0.15) is 0 Å². The largest absolute Gasteiger partial charge is 0.494 e. The first-order valence-electron chi connectivity index (χ1n) is 12.1. The Kier molecular flexibility index (Phi) is 7.83. The number of carbonyl (C=O) groups is 2. The summed E-state index contributed by atoms with van der Waals surface area (Å²) in [4.78, 5) is 27.0. The van der Waals surface area contributed by atoms with Gasteiger partial charge in [0, 0.05) is 38.0 Å². The number of ether oxygens (including phenoxy) is 1. The van der Waals surface area contributed by atoms with E-state index in [0.29, 0.717) is 44.6 Å². The second kappa shape index (κ2) is 11.0. The number of likely N-dealkylation sites (tertiary alicyclic amines) is 1. The zero-order valence-corrected chi connectivity index (χ0v) is 19.8. The Morgan fingerprint density at radius 1 is 1.26 bits per heavy atom. The first-order valence-corrected chi connectivity index (χ1v) is 12.1. The molecule has 2 saturated heterocycles. The van der Waals surface area contributed by atoms with E-state index < -0.39 is 11.4 Å². The van der Waals surface area contributed by atoms with Crippen molar-refractivity contribution in [2.24, 2.45) is 0 Å². The molecule has 0 radical (unpaired) electrons. The quantitative estimate of drug-likeness (QED) is 0.562. The van der Waals surface area contributed by atoms with E-state index in [-0.39, 0.29) is 17.6 Å². The normalized spacial score (nSPS) is 22.5. The first kappa shape index (κ1) is 24.2. The molecule has 6 nitrogen and oxygen atoms in total. The molecule has 7 heteroatoms. The average molecular weight is 468 g/mol. The second-order valence-corrected chi connectivity index (χ2v) is 9.52. The number of rotatable bonds is 10. The molecular weight excluding hydrogens is 433 g/mol. The van der Waals surface area contributed by atoms with Gasteiger partial charge in [0.15, 0.2) is 11.6 Å². The Morgan fingerprint density at radius 3 is 2.82 bits per heavy atom. The average Bonchev–Trinajstić information content (AvgIpc) is 3.47. The molecule has 0 bridgehead atoms. The van der Waals surface area contributed by atoms with Crippen molar-refractivity contribution in [3.8, 4) is 5.75 Å². The number of benzene rings is 2. The third kappa shape index (κ3) is 6.14. The van der Waals surface area contributed by atoms with Crippen molar-refractivity contribution in [3.63, 3.8) is 0 Å².